The number of nitrogens with zero attached hydrogens (tertiary/aromatic N) is 3. The Balaban J connectivity index is 1.26. The Morgan fingerprint density at radius 2 is 1.64 bits per heavy atom. The van der Waals surface area contributed by atoms with Gasteiger partial charge in [0, 0.05) is 49.1 Å². The first kappa shape index (κ1) is 41.7. The summed E-state index contributed by atoms with van der Waals surface area (Å²) < 4.78 is 22.2. The van der Waals surface area contributed by atoms with Gasteiger partial charge in [-0.25, -0.2) is 4.79 Å². The zero-order valence-corrected chi connectivity index (χ0v) is 34.3. The zero-order valence-electron chi connectivity index (χ0n) is 33.5. The van der Waals surface area contributed by atoms with E-state index in [0.29, 0.717) is 35.5 Å². The van der Waals surface area contributed by atoms with Gasteiger partial charge in [-0.15, -0.1) is 0 Å². The Hall–Kier alpha value is -4.48. The molecule has 1 saturated carbocycles. The van der Waals surface area contributed by atoms with E-state index in [1.54, 1.807) is 7.11 Å². The summed E-state index contributed by atoms with van der Waals surface area (Å²) in [7, 11) is 5.12. The molecule has 1 heterocycles. The fraction of sp³-hybridized carbons (Fsp3) is 0.512. The molecule has 0 aromatic heterocycles. The number of esters is 1. The van der Waals surface area contributed by atoms with Crippen molar-refractivity contribution in [2.45, 2.75) is 90.5 Å². The number of nitrogens with one attached hydrogen (secondary N) is 1. The highest BCUT2D eigenvalue weighted by Gasteiger charge is 2.36. The second-order valence-electron chi connectivity index (χ2n) is 15.8. The predicted octanol–water partition coefficient (Wildman–Crippen LogP) is 7.81. The number of ether oxygens (including phenoxy) is 4. The van der Waals surface area contributed by atoms with Crippen LogP contribution < -0.4 is 24.6 Å². The number of rotatable bonds is 14. The quantitative estimate of drug-likeness (QED) is 0.164. The van der Waals surface area contributed by atoms with Crippen molar-refractivity contribution in [3.8, 4) is 11.5 Å². The molecule has 2 amide bonds. The first-order valence-corrected chi connectivity index (χ1v) is 19.6. The fourth-order valence-corrected chi connectivity index (χ4v) is 7.74. The number of hydrogen-bond donors (Lipinski definition) is 1. The van der Waals surface area contributed by atoms with Gasteiger partial charge in [0.25, 0.3) is 0 Å². The molecular weight excluding hydrogens is 720 g/mol. The van der Waals surface area contributed by atoms with Gasteiger partial charge in [0.15, 0.2) is 11.5 Å². The van der Waals surface area contributed by atoms with Gasteiger partial charge in [-0.3, -0.25) is 14.5 Å². The lowest BCUT2D eigenvalue weighted by Crippen LogP contribution is -2.46. The van der Waals surface area contributed by atoms with Gasteiger partial charge >= 0.3 is 12.1 Å². The predicted molar refractivity (Wildman–Crippen MR) is 217 cm³/mol. The minimum Gasteiger partial charge on any atom is -0.493 e. The van der Waals surface area contributed by atoms with Gasteiger partial charge < -0.3 is 34.1 Å². The van der Waals surface area contributed by atoms with E-state index in [1.165, 1.54) is 7.11 Å². The first-order chi connectivity index (χ1) is 26.1. The van der Waals surface area contributed by atoms with Crippen LogP contribution >= 0.6 is 11.6 Å². The maximum atomic E-state index is 14.0. The molecule has 0 bridgehead atoms. The van der Waals surface area contributed by atoms with E-state index in [9.17, 15) is 14.4 Å². The molecule has 3 aromatic carbocycles. The number of methoxy groups -OCH3 is 2. The molecule has 1 fully saturated rings. The van der Waals surface area contributed by atoms with Crippen molar-refractivity contribution in [3.05, 3.63) is 82.4 Å². The van der Waals surface area contributed by atoms with Crippen LogP contribution in [0, 0.1) is 5.92 Å². The number of amides is 2. The topological polar surface area (TPSA) is 110 Å². The SMILES string of the molecule is COC(=O)CN(CCNC(=O)OC(C)(C)C)C1CCC(CN(C)c2ccc(N3C(=O)Cc4cc(OC)c(OC(C)C)cc4[C@@H]3c3ccc(Cl)cc3)cc2)CC1. The number of carbonyl (C=O) groups excluding carboxylic acids is 3. The number of anilines is 2. The largest absolute Gasteiger partial charge is 0.493 e. The molecule has 2 aliphatic rings. The van der Waals surface area contributed by atoms with Gasteiger partial charge in [0.2, 0.25) is 5.91 Å². The van der Waals surface area contributed by atoms with Crippen LogP contribution in [0.4, 0.5) is 16.2 Å². The molecule has 0 unspecified atom stereocenters. The number of alkyl carbamates (subject to hydrolysis) is 1. The molecule has 0 radical (unpaired) electrons. The third kappa shape index (κ3) is 11.1. The minimum absolute atomic E-state index is 0.00763. The van der Waals surface area contributed by atoms with Crippen LogP contribution in [-0.2, 0) is 25.5 Å². The molecule has 298 valence electrons. The molecule has 3 aromatic rings. The summed E-state index contributed by atoms with van der Waals surface area (Å²) in [6.07, 6.45) is 3.64. The van der Waals surface area contributed by atoms with Crippen molar-refractivity contribution in [3.63, 3.8) is 0 Å². The average molecular weight is 777 g/mol. The molecule has 1 atom stereocenters. The summed E-state index contributed by atoms with van der Waals surface area (Å²) in [5.41, 5.74) is 4.14. The highest BCUT2D eigenvalue weighted by atomic mass is 35.5. The van der Waals surface area contributed by atoms with Gasteiger partial charge in [0.05, 0.1) is 39.3 Å². The zero-order chi connectivity index (χ0) is 39.9. The van der Waals surface area contributed by atoms with Crippen LogP contribution in [0.5, 0.6) is 11.5 Å². The highest BCUT2D eigenvalue weighted by molar-refractivity contribution is 6.30. The van der Waals surface area contributed by atoms with E-state index in [2.05, 4.69) is 34.3 Å². The second kappa shape index (κ2) is 18.4. The van der Waals surface area contributed by atoms with Crippen molar-refractivity contribution in [2.24, 2.45) is 5.92 Å². The molecule has 11 nitrogen and oxygen atoms in total. The van der Waals surface area contributed by atoms with Crippen LogP contribution in [0.2, 0.25) is 5.02 Å². The molecule has 0 saturated heterocycles. The Kier molecular flexibility index (Phi) is 14.0. The van der Waals surface area contributed by atoms with Crippen LogP contribution in [0.1, 0.15) is 83.0 Å². The van der Waals surface area contributed by atoms with Crippen LogP contribution in [-0.4, -0.2) is 88.1 Å². The number of carbonyl (C=O) groups is 3. The molecule has 1 aliphatic heterocycles. The summed E-state index contributed by atoms with van der Waals surface area (Å²) in [6.45, 7) is 11.4. The summed E-state index contributed by atoms with van der Waals surface area (Å²) >= 11 is 6.30. The van der Waals surface area contributed by atoms with Crippen molar-refractivity contribution >= 4 is 40.9 Å². The van der Waals surface area contributed by atoms with E-state index in [0.717, 1.165) is 60.3 Å². The van der Waals surface area contributed by atoms with E-state index >= 15 is 0 Å². The third-order valence-electron chi connectivity index (χ3n) is 10.2. The van der Waals surface area contributed by atoms with E-state index in [-0.39, 0.29) is 43.0 Å². The maximum Gasteiger partial charge on any atom is 0.407 e. The van der Waals surface area contributed by atoms with Gasteiger partial charge in [-0.2, -0.15) is 0 Å². The van der Waals surface area contributed by atoms with Gasteiger partial charge in [0.1, 0.15) is 5.60 Å². The fourth-order valence-electron chi connectivity index (χ4n) is 7.62. The summed E-state index contributed by atoms with van der Waals surface area (Å²) in [6, 6.07) is 19.7. The van der Waals surface area contributed by atoms with Crippen molar-refractivity contribution in [1.82, 2.24) is 10.2 Å². The number of benzene rings is 3. The summed E-state index contributed by atoms with van der Waals surface area (Å²) in [4.78, 5) is 44.7. The smallest absolute Gasteiger partial charge is 0.407 e. The highest BCUT2D eigenvalue weighted by Crippen LogP contribution is 2.44. The number of fused-ring (bicyclic) bond motifs is 1. The molecule has 0 spiro atoms. The molecule has 55 heavy (non-hydrogen) atoms. The molecule has 1 N–H and O–H groups in total. The third-order valence-corrected chi connectivity index (χ3v) is 10.4. The standard InChI is InChI=1S/C43H57ClN4O7/c1-28(2)54-38-25-36-31(23-37(38)52-7)24-39(49)48(41(36)30-11-13-32(44)14-12-30)35-19-17-33(18-20-35)46(6)26-29-9-15-34(16-10-29)47(27-40(50)53-8)22-21-45-42(51)55-43(3,4)5/h11-14,17-20,23,25,28-29,34,41H,9-10,15-16,21-22,24,26-27H2,1-8H3,(H,45,51)/t29?,34?,41-/m0/s1. The second-order valence-corrected chi connectivity index (χ2v) is 16.2. The van der Waals surface area contributed by atoms with E-state index in [4.69, 9.17) is 30.5 Å². The summed E-state index contributed by atoms with van der Waals surface area (Å²) in [5, 5.41) is 3.44. The maximum absolute atomic E-state index is 14.0. The molecule has 5 rings (SSSR count). The Labute approximate surface area is 331 Å². The lowest BCUT2D eigenvalue weighted by molar-refractivity contribution is -0.142. The minimum atomic E-state index is -0.576. The van der Waals surface area contributed by atoms with Crippen molar-refractivity contribution < 1.29 is 33.3 Å². The lowest BCUT2D eigenvalue weighted by atomic mass is 9.85. The van der Waals surface area contributed by atoms with Gasteiger partial charge in [-0.1, -0.05) is 23.7 Å². The Bertz CT molecular complexity index is 1770. The lowest BCUT2D eigenvalue weighted by Gasteiger charge is -2.39. The average Bonchev–Trinajstić information content (AvgIpc) is 3.13. The van der Waals surface area contributed by atoms with E-state index < -0.39 is 11.7 Å². The molecule has 12 heteroatoms. The van der Waals surface area contributed by atoms with Gasteiger partial charge in [-0.05, 0) is 131 Å². The number of halogens is 1. The summed E-state index contributed by atoms with van der Waals surface area (Å²) in [5.74, 6) is 1.43. The normalized spacial score (nSPS) is 18.5. The van der Waals surface area contributed by atoms with Crippen molar-refractivity contribution in [2.75, 3.05) is 57.2 Å². The Morgan fingerprint density at radius 1 is 0.964 bits per heavy atom. The molecule has 1 aliphatic carbocycles. The van der Waals surface area contributed by atoms with Crippen LogP contribution in [0.15, 0.2) is 60.7 Å². The van der Waals surface area contributed by atoms with Crippen molar-refractivity contribution in [1.29, 1.82) is 0 Å². The molecular formula is C43H57ClN4O7. The number of hydrogen-bond acceptors (Lipinski definition) is 9. The van der Waals surface area contributed by atoms with E-state index in [1.807, 2.05) is 88.0 Å². The van der Waals surface area contributed by atoms with Crippen LogP contribution in [0.25, 0.3) is 0 Å². The Morgan fingerprint density at radius 3 is 2.24 bits per heavy atom. The van der Waals surface area contributed by atoms with Crippen LogP contribution in [0.3, 0.4) is 0 Å². The first-order valence-electron chi connectivity index (χ1n) is 19.2. The monoisotopic (exact) mass is 776 g/mol.